The number of thioether (sulfide) groups is 1. The Balaban J connectivity index is 1.67. The molecule has 164 valence electrons. The minimum atomic E-state index is -0.361. The second-order valence-electron chi connectivity index (χ2n) is 7.64. The minimum absolute atomic E-state index is 0.157. The van der Waals surface area contributed by atoms with Crippen molar-refractivity contribution in [3.63, 3.8) is 0 Å². The molecule has 0 radical (unpaired) electrons. The predicted molar refractivity (Wildman–Crippen MR) is 124 cm³/mol. The molecule has 2 aromatic heterocycles. The van der Waals surface area contributed by atoms with Crippen LogP contribution in [0, 0.1) is 11.3 Å². The molecule has 0 aliphatic heterocycles. The Kier molecular flexibility index (Phi) is 8.10. The minimum Gasteiger partial charge on any atom is -0.462 e. The zero-order valence-corrected chi connectivity index (χ0v) is 19.8. The highest BCUT2D eigenvalue weighted by molar-refractivity contribution is 7.99. The van der Waals surface area contributed by atoms with Gasteiger partial charge in [-0.1, -0.05) is 13.8 Å². The highest BCUT2D eigenvalue weighted by atomic mass is 32.2. The summed E-state index contributed by atoms with van der Waals surface area (Å²) in [5.74, 6) is 0.242. The van der Waals surface area contributed by atoms with Crippen LogP contribution in [0.1, 0.15) is 78.0 Å². The van der Waals surface area contributed by atoms with E-state index in [1.54, 1.807) is 13.0 Å². The molecule has 0 aromatic carbocycles. The van der Waals surface area contributed by atoms with E-state index in [0.717, 1.165) is 36.9 Å². The van der Waals surface area contributed by atoms with Crippen molar-refractivity contribution in [1.82, 2.24) is 4.98 Å². The Morgan fingerprint density at radius 1 is 1.32 bits per heavy atom. The fourth-order valence-corrected chi connectivity index (χ4v) is 5.69. The molecular formula is C23H27N3O3S2. The van der Waals surface area contributed by atoms with Crippen LogP contribution in [0.5, 0.6) is 0 Å². The van der Waals surface area contributed by atoms with E-state index in [0.29, 0.717) is 33.5 Å². The number of nitrogens with one attached hydrogen (secondary N) is 1. The van der Waals surface area contributed by atoms with Crippen LogP contribution in [-0.4, -0.2) is 29.2 Å². The maximum Gasteiger partial charge on any atom is 0.341 e. The first-order chi connectivity index (χ1) is 14.9. The van der Waals surface area contributed by atoms with Crippen molar-refractivity contribution in [2.45, 2.75) is 63.8 Å². The maximum absolute atomic E-state index is 12.6. The molecule has 2 heterocycles. The molecule has 0 fully saturated rings. The average molecular weight is 458 g/mol. The monoisotopic (exact) mass is 457 g/mol. The second kappa shape index (κ2) is 10.8. The average Bonchev–Trinajstić information content (AvgIpc) is 3.11. The normalized spacial score (nSPS) is 12.9. The maximum atomic E-state index is 12.6. The van der Waals surface area contributed by atoms with Crippen LogP contribution in [0.2, 0.25) is 0 Å². The topological polar surface area (TPSA) is 92.1 Å². The lowest BCUT2D eigenvalue weighted by Crippen LogP contribution is -2.16. The number of esters is 1. The number of aromatic nitrogens is 1. The molecule has 6 nitrogen and oxygen atoms in total. The number of rotatable bonds is 8. The molecule has 1 aliphatic carbocycles. The van der Waals surface area contributed by atoms with Crippen LogP contribution in [-0.2, 0) is 22.4 Å². The molecule has 0 spiro atoms. The van der Waals surface area contributed by atoms with Gasteiger partial charge < -0.3 is 10.1 Å². The molecule has 31 heavy (non-hydrogen) atoms. The number of hydrogen-bond acceptors (Lipinski definition) is 7. The van der Waals surface area contributed by atoms with Crippen LogP contribution in [0.4, 0.5) is 5.00 Å². The van der Waals surface area contributed by atoms with Crippen molar-refractivity contribution >= 4 is 40.0 Å². The van der Waals surface area contributed by atoms with E-state index in [-0.39, 0.29) is 24.2 Å². The lowest BCUT2D eigenvalue weighted by Gasteiger charge is -2.12. The van der Waals surface area contributed by atoms with Crippen LogP contribution in [0.3, 0.4) is 0 Å². The Bertz CT molecular complexity index is 1010. The lowest BCUT2D eigenvalue weighted by atomic mass is 9.95. The van der Waals surface area contributed by atoms with Crippen LogP contribution >= 0.6 is 23.1 Å². The Morgan fingerprint density at radius 3 is 2.81 bits per heavy atom. The van der Waals surface area contributed by atoms with Crippen molar-refractivity contribution in [2.24, 2.45) is 0 Å². The van der Waals surface area contributed by atoms with Gasteiger partial charge in [0.15, 0.2) is 0 Å². The van der Waals surface area contributed by atoms with Gasteiger partial charge >= 0.3 is 5.97 Å². The van der Waals surface area contributed by atoms with Gasteiger partial charge in [0.25, 0.3) is 0 Å². The van der Waals surface area contributed by atoms with E-state index in [2.05, 4.69) is 30.2 Å². The fraction of sp³-hybridized carbons (Fsp3) is 0.478. The molecule has 0 saturated heterocycles. The summed E-state index contributed by atoms with van der Waals surface area (Å²) in [6, 6.07) is 5.82. The molecule has 1 aliphatic rings. The van der Waals surface area contributed by atoms with E-state index >= 15 is 0 Å². The molecule has 0 bridgehead atoms. The van der Waals surface area contributed by atoms with Crippen molar-refractivity contribution in [1.29, 1.82) is 5.26 Å². The molecule has 2 aromatic rings. The highest BCUT2D eigenvalue weighted by Crippen LogP contribution is 2.38. The fourth-order valence-electron chi connectivity index (χ4n) is 3.47. The SMILES string of the molecule is CCOC(=O)c1c(NC(=O)CCSc2nc(C(C)C)ccc2C#N)sc2c1CCCC2. The third-order valence-electron chi connectivity index (χ3n) is 5.07. The van der Waals surface area contributed by atoms with Crippen LogP contribution < -0.4 is 5.32 Å². The largest absolute Gasteiger partial charge is 0.462 e. The summed E-state index contributed by atoms with van der Waals surface area (Å²) in [6.45, 7) is 6.19. The Labute approximate surface area is 191 Å². The van der Waals surface area contributed by atoms with Gasteiger partial charge in [-0.2, -0.15) is 5.26 Å². The smallest absolute Gasteiger partial charge is 0.341 e. The number of ether oxygens (including phenoxy) is 1. The van der Waals surface area contributed by atoms with Crippen LogP contribution in [0.15, 0.2) is 17.2 Å². The number of amides is 1. The second-order valence-corrected chi connectivity index (χ2v) is 9.83. The number of pyridine rings is 1. The summed E-state index contributed by atoms with van der Waals surface area (Å²) in [5, 5.41) is 13.5. The Hall–Kier alpha value is -2.37. The van der Waals surface area contributed by atoms with E-state index in [1.807, 2.05) is 6.07 Å². The zero-order valence-electron chi connectivity index (χ0n) is 18.1. The first-order valence-electron chi connectivity index (χ1n) is 10.6. The summed E-state index contributed by atoms with van der Waals surface area (Å²) in [7, 11) is 0. The molecule has 1 amide bonds. The summed E-state index contributed by atoms with van der Waals surface area (Å²) >= 11 is 2.90. The molecule has 3 rings (SSSR count). The lowest BCUT2D eigenvalue weighted by molar-refractivity contribution is -0.115. The number of carbonyl (C=O) groups is 2. The summed E-state index contributed by atoms with van der Waals surface area (Å²) < 4.78 is 5.24. The molecule has 8 heteroatoms. The molecule has 0 atom stereocenters. The van der Waals surface area contributed by atoms with Crippen molar-refractivity contribution in [3.05, 3.63) is 39.4 Å². The number of hydrogen-bond donors (Lipinski definition) is 1. The van der Waals surface area contributed by atoms with E-state index in [1.165, 1.54) is 28.0 Å². The predicted octanol–water partition coefficient (Wildman–Crippen LogP) is 5.31. The molecule has 0 saturated carbocycles. The van der Waals surface area contributed by atoms with Gasteiger partial charge in [0.05, 0.1) is 17.7 Å². The van der Waals surface area contributed by atoms with Crippen molar-refractivity contribution in [2.75, 3.05) is 17.7 Å². The zero-order chi connectivity index (χ0) is 22.4. The number of anilines is 1. The molecular weight excluding hydrogens is 430 g/mol. The number of nitrogens with zero attached hydrogens (tertiary/aromatic N) is 2. The first-order valence-corrected chi connectivity index (χ1v) is 12.4. The van der Waals surface area contributed by atoms with E-state index < -0.39 is 0 Å². The van der Waals surface area contributed by atoms with Gasteiger partial charge in [-0.05, 0) is 56.2 Å². The number of carbonyl (C=O) groups excluding carboxylic acids is 2. The van der Waals surface area contributed by atoms with E-state index in [4.69, 9.17) is 4.74 Å². The number of fused-ring (bicyclic) bond motifs is 1. The molecule has 1 N–H and O–H groups in total. The summed E-state index contributed by atoms with van der Waals surface area (Å²) in [4.78, 5) is 30.9. The van der Waals surface area contributed by atoms with Gasteiger partial charge in [0, 0.05) is 22.7 Å². The quantitative estimate of drug-likeness (QED) is 0.426. The standard InChI is InChI=1S/C23H27N3O3S2/c1-4-29-23(28)20-16-7-5-6-8-18(16)31-22(20)26-19(27)11-12-30-21-15(13-24)9-10-17(25-21)14(2)3/h9-10,14H,4-8,11-12H2,1-3H3,(H,26,27). The van der Waals surface area contributed by atoms with Crippen molar-refractivity contribution in [3.8, 4) is 6.07 Å². The van der Waals surface area contributed by atoms with Gasteiger partial charge in [-0.25, -0.2) is 9.78 Å². The van der Waals surface area contributed by atoms with Gasteiger partial charge in [-0.15, -0.1) is 23.1 Å². The highest BCUT2D eigenvalue weighted by Gasteiger charge is 2.27. The Morgan fingerprint density at radius 2 is 2.10 bits per heavy atom. The number of aryl methyl sites for hydroxylation is 1. The third kappa shape index (κ3) is 5.66. The van der Waals surface area contributed by atoms with E-state index in [9.17, 15) is 14.9 Å². The summed E-state index contributed by atoms with van der Waals surface area (Å²) in [5.41, 5.74) is 3.01. The number of nitriles is 1. The van der Waals surface area contributed by atoms with Crippen LogP contribution in [0.25, 0.3) is 0 Å². The number of thiophene rings is 1. The van der Waals surface area contributed by atoms with Gasteiger partial charge in [0.2, 0.25) is 5.91 Å². The summed E-state index contributed by atoms with van der Waals surface area (Å²) in [6.07, 6.45) is 4.19. The van der Waals surface area contributed by atoms with Gasteiger partial charge in [-0.3, -0.25) is 4.79 Å². The molecule has 0 unspecified atom stereocenters. The van der Waals surface area contributed by atoms with Gasteiger partial charge in [0.1, 0.15) is 16.1 Å². The third-order valence-corrected chi connectivity index (χ3v) is 7.27. The van der Waals surface area contributed by atoms with Crippen molar-refractivity contribution < 1.29 is 14.3 Å². The first kappa shape index (κ1) is 23.3.